The van der Waals surface area contributed by atoms with E-state index >= 15 is 0 Å². The Labute approximate surface area is 213 Å². The van der Waals surface area contributed by atoms with Crippen LogP contribution in [0, 0.1) is 5.92 Å². The Balaban J connectivity index is 1.11. The molecule has 36 heavy (non-hydrogen) atoms. The highest BCUT2D eigenvalue weighted by Gasteiger charge is 2.44. The Morgan fingerprint density at radius 3 is 2.69 bits per heavy atom. The lowest BCUT2D eigenvalue weighted by atomic mass is 10.1. The number of ketones is 1. The van der Waals surface area contributed by atoms with E-state index in [9.17, 15) is 9.59 Å². The standard InChI is InChI=1S/C27H25ClN6O2/c1-15(35)21-8-18(16-5-6-16)12-34-13-20(32-26(21)34)11-29-24-10-25(31-14-30-24)33-27(36)23-9-22(23)17-3-2-4-19(28)7-17/h2-4,7-8,10,12-14,16,22-23H,5-6,9,11H2,1H3,(H2,29,30,31,33,36)/t22?,23-/m0/s1. The summed E-state index contributed by atoms with van der Waals surface area (Å²) in [4.78, 5) is 38.1. The molecular formula is C27H25ClN6O2. The minimum Gasteiger partial charge on any atom is -0.364 e. The van der Waals surface area contributed by atoms with E-state index in [1.807, 2.05) is 40.9 Å². The quantitative estimate of drug-likeness (QED) is 0.322. The number of aromatic nitrogens is 4. The summed E-state index contributed by atoms with van der Waals surface area (Å²) < 4.78 is 1.94. The van der Waals surface area contributed by atoms with Gasteiger partial charge in [0.15, 0.2) is 5.78 Å². The second-order valence-corrected chi connectivity index (χ2v) is 10.1. The summed E-state index contributed by atoms with van der Waals surface area (Å²) in [7, 11) is 0. The molecule has 3 aromatic heterocycles. The zero-order chi connectivity index (χ0) is 24.8. The number of benzene rings is 1. The van der Waals surface area contributed by atoms with Crippen LogP contribution in [-0.2, 0) is 11.3 Å². The molecule has 182 valence electrons. The van der Waals surface area contributed by atoms with E-state index in [-0.39, 0.29) is 23.5 Å². The summed E-state index contributed by atoms with van der Waals surface area (Å²) >= 11 is 6.09. The minimum atomic E-state index is -0.0937. The van der Waals surface area contributed by atoms with Crippen LogP contribution in [-0.4, -0.2) is 31.0 Å². The van der Waals surface area contributed by atoms with Gasteiger partial charge in [0.2, 0.25) is 5.91 Å². The predicted octanol–water partition coefficient (Wildman–Crippen LogP) is 5.21. The topological polar surface area (TPSA) is 101 Å². The van der Waals surface area contributed by atoms with Gasteiger partial charge in [-0.15, -0.1) is 0 Å². The number of halogens is 1. The first-order chi connectivity index (χ1) is 17.4. The number of Topliss-reactive ketones (excluding diaryl/α,β-unsaturated/α-hetero) is 1. The van der Waals surface area contributed by atoms with Gasteiger partial charge in [0.1, 0.15) is 23.6 Å². The Morgan fingerprint density at radius 1 is 1.08 bits per heavy atom. The van der Waals surface area contributed by atoms with Gasteiger partial charge in [-0.3, -0.25) is 9.59 Å². The second kappa shape index (κ2) is 9.02. The molecule has 3 heterocycles. The molecule has 8 nitrogen and oxygen atoms in total. The van der Waals surface area contributed by atoms with Crippen molar-refractivity contribution in [2.45, 2.75) is 44.6 Å². The number of carbonyl (C=O) groups is 2. The number of fused-ring (bicyclic) bond motifs is 1. The molecule has 2 N–H and O–H groups in total. The third-order valence-corrected chi connectivity index (χ3v) is 7.06. The molecule has 2 aliphatic rings. The largest absolute Gasteiger partial charge is 0.364 e. The van der Waals surface area contributed by atoms with Crippen LogP contribution >= 0.6 is 11.6 Å². The zero-order valence-electron chi connectivity index (χ0n) is 19.7. The van der Waals surface area contributed by atoms with Crippen LogP contribution in [0.4, 0.5) is 11.6 Å². The fourth-order valence-electron chi connectivity index (χ4n) is 4.67. The van der Waals surface area contributed by atoms with Crippen molar-refractivity contribution in [1.82, 2.24) is 19.4 Å². The van der Waals surface area contributed by atoms with Crippen molar-refractivity contribution in [2.24, 2.45) is 5.92 Å². The normalized spacial score (nSPS) is 18.7. The summed E-state index contributed by atoms with van der Waals surface area (Å²) in [5.74, 6) is 1.59. The second-order valence-electron chi connectivity index (χ2n) is 9.62. The van der Waals surface area contributed by atoms with Gasteiger partial charge in [-0.1, -0.05) is 23.7 Å². The first-order valence-corrected chi connectivity index (χ1v) is 12.5. The maximum Gasteiger partial charge on any atom is 0.229 e. The van der Waals surface area contributed by atoms with Crippen LogP contribution in [0.15, 0.2) is 55.1 Å². The van der Waals surface area contributed by atoms with E-state index in [1.165, 1.54) is 24.7 Å². The number of amides is 1. The first-order valence-electron chi connectivity index (χ1n) is 12.1. The minimum absolute atomic E-state index is 0.0112. The van der Waals surface area contributed by atoms with Crippen LogP contribution < -0.4 is 10.6 Å². The molecule has 1 unspecified atom stereocenters. The fourth-order valence-corrected chi connectivity index (χ4v) is 4.87. The van der Waals surface area contributed by atoms with Crippen molar-refractivity contribution in [3.8, 4) is 0 Å². The Kier molecular flexibility index (Phi) is 5.68. The number of nitrogens with zero attached hydrogens (tertiary/aromatic N) is 4. The van der Waals surface area contributed by atoms with Crippen LogP contribution in [0.5, 0.6) is 0 Å². The molecule has 0 bridgehead atoms. The number of pyridine rings is 1. The Morgan fingerprint density at radius 2 is 1.92 bits per heavy atom. The Bertz CT molecular complexity index is 1490. The summed E-state index contributed by atoms with van der Waals surface area (Å²) in [6.07, 6.45) is 8.55. The molecule has 2 fully saturated rings. The maximum absolute atomic E-state index is 12.7. The van der Waals surface area contributed by atoms with Crippen molar-refractivity contribution in [3.05, 3.63) is 82.5 Å². The lowest BCUT2D eigenvalue weighted by Crippen LogP contribution is -2.16. The molecule has 2 saturated carbocycles. The molecule has 1 aromatic carbocycles. The molecule has 0 spiro atoms. The number of carbonyl (C=O) groups excluding carboxylic acids is 2. The van der Waals surface area contributed by atoms with Crippen molar-refractivity contribution in [3.63, 3.8) is 0 Å². The van der Waals surface area contributed by atoms with Gasteiger partial charge in [-0.2, -0.15) is 0 Å². The monoisotopic (exact) mass is 500 g/mol. The molecule has 2 atom stereocenters. The number of rotatable bonds is 8. The lowest BCUT2D eigenvalue weighted by Gasteiger charge is -2.07. The molecule has 0 aliphatic heterocycles. The van der Waals surface area contributed by atoms with Gasteiger partial charge in [0.05, 0.1) is 17.8 Å². The van der Waals surface area contributed by atoms with Crippen LogP contribution in [0.1, 0.15) is 65.2 Å². The highest BCUT2D eigenvalue weighted by Crippen LogP contribution is 2.48. The molecule has 2 aliphatic carbocycles. The van der Waals surface area contributed by atoms with Gasteiger partial charge in [-0.05, 0) is 67.3 Å². The fraction of sp³-hybridized carbons (Fsp3) is 0.296. The summed E-state index contributed by atoms with van der Waals surface area (Å²) in [5, 5.41) is 6.82. The first kappa shape index (κ1) is 22.7. The van der Waals surface area contributed by atoms with Gasteiger partial charge >= 0.3 is 0 Å². The predicted molar refractivity (Wildman–Crippen MR) is 137 cm³/mol. The van der Waals surface area contributed by atoms with Crippen LogP contribution in [0.25, 0.3) is 5.65 Å². The van der Waals surface area contributed by atoms with Crippen molar-refractivity contribution >= 4 is 40.6 Å². The molecule has 9 heteroatoms. The highest BCUT2D eigenvalue weighted by atomic mass is 35.5. The zero-order valence-corrected chi connectivity index (χ0v) is 20.5. The lowest BCUT2D eigenvalue weighted by molar-refractivity contribution is -0.117. The van der Waals surface area contributed by atoms with Gasteiger partial charge < -0.3 is 15.0 Å². The van der Waals surface area contributed by atoms with E-state index in [2.05, 4.69) is 31.8 Å². The number of nitrogens with one attached hydrogen (secondary N) is 2. The van der Waals surface area contributed by atoms with E-state index in [0.29, 0.717) is 40.3 Å². The maximum atomic E-state index is 12.7. The van der Waals surface area contributed by atoms with E-state index < -0.39 is 0 Å². The SMILES string of the molecule is CC(=O)c1cc(C2CC2)cn2cc(CNc3cc(NC(=O)[C@H]4CC4c4cccc(Cl)c4)ncn3)nc12. The van der Waals surface area contributed by atoms with Gasteiger partial charge in [-0.25, -0.2) is 15.0 Å². The average molecular weight is 501 g/mol. The number of imidazole rings is 1. The van der Waals surface area contributed by atoms with E-state index in [0.717, 1.165) is 17.7 Å². The van der Waals surface area contributed by atoms with Crippen molar-refractivity contribution in [1.29, 1.82) is 0 Å². The summed E-state index contributed by atoms with van der Waals surface area (Å²) in [6, 6.07) is 11.3. The molecule has 1 amide bonds. The molecule has 6 rings (SSSR count). The summed E-state index contributed by atoms with van der Waals surface area (Å²) in [5.41, 5.74) is 4.37. The van der Waals surface area contributed by atoms with E-state index in [4.69, 9.17) is 11.6 Å². The van der Waals surface area contributed by atoms with Gasteiger partial charge in [0.25, 0.3) is 0 Å². The van der Waals surface area contributed by atoms with Crippen molar-refractivity contribution < 1.29 is 9.59 Å². The van der Waals surface area contributed by atoms with Crippen molar-refractivity contribution in [2.75, 3.05) is 10.6 Å². The molecule has 0 saturated heterocycles. The van der Waals surface area contributed by atoms with Crippen LogP contribution in [0.2, 0.25) is 5.02 Å². The molecule has 0 radical (unpaired) electrons. The molecule has 4 aromatic rings. The number of hydrogen-bond acceptors (Lipinski definition) is 6. The Hall–Kier alpha value is -3.78. The van der Waals surface area contributed by atoms with E-state index in [1.54, 1.807) is 13.0 Å². The molecular weight excluding hydrogens is 476 g/mol. The third-order valence-electron chi connectivity index (χ3n) is 6.82. The average Bonchev–Trinajstić information content (AvgIpc) is 3.78. The van der Waals surface area contributed by atoms with Gasteiger partial charge in [0, 0.05) is 29.4 Å². The van der Waals surface area contributed by atoms with Crippen LogP contribution in [0.3, 0.4) is 0 Å². The highest BCUT2D eigenvalue weighted by molar-refractivity contribution is 6.30. The number of anilines is 2. The smallest absolute Gasteiger partial charge is 0.229 e. The number of hydrogen-bond donors (Lipinski definition) is 2. The third kappa shape index (κ3) is 4.68. The summed E-state index contributed by atoms with van der Waals surface area (Å²) in [6.45, 7) is 2.00.